The van der Waals surface area contributed by atoms with E-state index in [4.69, 9.17) is 4.74 Å². The summed E-state index contributed by atoms with van der Waals surface area (Å²) >= 11 is 0. The molecule has 0 fully saturated rings. The van der Waals surface area contributed by atoms with Crippen LogP contribution in [0.5, 0.6) is 5.75 Å². The summed E-state index contributed by atoms with van der Waals surface area (Å²) in [6.45, 7) is 7.91. The SMILES string of the molecule is Cc1ccc(C)c(OCCCC(C)(C)C(=O)[O-])c1.[Na+]. The molecule has 0 saturated carbocycles. The number of carbonyl (C=O) groups excluding carboxylic acids is 1. The molecule has 0 aliphatic rings. The van der Waals surface area contributed by atoms with Crippen LogP contribution in [0.3, 0.4) is 0 Å². The van der Waals surface area contributed by atoms with E-state index in [0.717, 1.165) is 16.9 Å². The third kappa shape index (κ3) is 5.98. The van der Waals surface area contributed by atoms with Crippen LogP contribution in [0.15, 0.2) is 18.2 Å². The minimum absolute atomic E-state index is 0. The molecule has 1 rings (SSSR count). The molecule has 0 N–H and O–H groups in total. The van der Waals surface area contributed by atoms with Crippen molar-refractivity contribution < 1.29 is 44.2 Å². The van der Waals surface area contributed by atoms with Crippen LogP contribution in [0.25, 0.3) is 0 Å². The van der Waals surface area contributed by atoms with E-state index < -0.39 is 11.4 Å². The van der Waals surface area contributed by atoms with E-state index in [1.54, 1.807) is 13.8 Å². The minimum atomic E-state index is -1.01. The van der Waals surface area contributed by atoms with Gasteiger partial charge in [0.25, 0.3) is 0 Å². The second kappa shape index (κ2) is 7.93. The first kappa shape index (κ1) is 18.5. The predicted octanol–water partition coefficient (Wildman–Crippen LogP) is -0.757. The fourth-order valence-corrected chi connectivity index (χ4v) is 1.66. The largest absolute Gasteiger partial charge is 1.00 e. The topological polar surface area (TPSA) is 49.4 Å². The van der Waals surface area contributed by atoms with Gasteiger partial charge in [-0.25, -0.2) is 0 Å². The molecule has 0 saturated heterocycles. The maximum Gasteiger partial charge on any atom is 1.00 e. The van der Waals surface area contributed by atoms with Crippen LogP contribution >= 0.6 is 0 Å². The Balaban J connectivity index is 0.00000324. The van der Waals surface area contributed by atoms with Gasteiger partial charge in [-0.2, -0.15) is 0 Å². The number of rotatable bonds is 6. The number of hydrogen-bond donors (Lipinski definition) is 0. The Morgan fingerprint density at radius 2 is 1.95 bits per heavy atom. The Morgan fingerprint density at radius 3 is 2.53 bits per heavy atom. The van der Waals surface area contributed by atoms with Crippen LogP contribution in [0, 0.1) is 19.3 Å². The zero-order valence-corrected chi connectivity index (χ0v) is 14.6. The number of carboxylic acids is 1. The summed E-state index contributed by atoms with van der Waals surface area (Å²) in [5.41, 5.74) is 1.47. The first-order valence-electron chi connectivity index (χ1n) is 6.24. The zero-order valence-electron chi connectivity index (χ0n) is 12.6. The molecule has 0 bridgehead atoms. The monoisotopic (exact) mass is 272 g/mol. The summed E-state index contributed by atoms with van der Waals surface area (Å²) in [6.07, 6.45) is 1.26. The average Bonchev–Trinajstić information content (AvgIpc) is 2.28. The van der Waals surface area contributed by atoms with Gasteiger partial charge in [0.05, 0.1) is 6.61 Å². The van der Waals surface area contributed by atoms with Gasteiger partial charge >= 0.3 is 29.6 Å². The minimum Gasteiger partial charge on any atom is -0.550 e. The third-order valence-corrected chi connectivity index (χ3v) is 3.10. The number of carbonyl (C=O) groups is 1. The van der Waals surface area contributed by atoms with Crippen molar-refractivity contribution in [3.63, 3.8) is 0 Å². The van der Waals surface area contributed by atoms with E-state index in [2.05, 4.69) is 0 Å². The van der Waals surface area contributed by atoms with Gasteiger partial charge in [0.1, 0.15) is 5.75 Å². The molecule has 0 radical (unpaired) electrons. The molecule has 0 aliphatic heterocycles. The molecule has 0 aromatic heterocycles. The molecule has 3 nitrogen and oxygen atoms in total. The van der Waals surface area contributed by atoms with Crippen molar-refractivity contribution in [3.05, 3.63) is 29.3 Å². The quantitative estimate of drug-likeness (QED) is 0.505. The number of carboxylic acid groups (broad SMARTS) is 1. The van der Waals surface area contributed by atoms with Crippen LogP contribution in [0.1, 0.15) is 37.8 Å². The van der Waals surface area contributed by atoms with Crippen molar-refractivity contribution in [2.24, 2.45) is 5.41 Å². The third-order valence-electron chi connectivity index (χ3n) is 3.10. The van der Waals surface area contributed by atoms with Gasteiger partial charge in [-0.3, -0.25) is 0 Å². The van der Waals surface area contributed by atoms with Crippen LogP contribution in [0.2, 0.25) is 0 Å². The van der Waals surface area contributed by atoms with Crippen LogP contribution in [-0.2, 0) is 4.79 Å². The van der Waals surface area contributed by atoms with Crippen LogP contribution < -0.4 is 39.4 Å². The van der Waals surface area contributed by atoms with Crippen molar-refractivity contribution in [1.82, 2.24) is 0 Å². The molecular formula is C15H21NaO3. The number of ether oxygens (including phenoxy) is 1. The van der Waals surface area contributed by atoms with Gasteiger partial charge in [-0.1, -0.05) is 26.0 Å². The molecule has 0 amide bonds. The summed E-state index contributed by atoms with van der Waals surface area (Å²) < 4.78 is 5.68. The molecule has 0 aliphatic carbocycles. The van der Waals surface area contributed by atoms with E-state index >= 15 is 0 Å². The maximum absolute atomic E-state index is 10.8. The Bertz CT molecular complexity index is 427. The second-order valence-electron chi connectivity index (χ2n) is 5.39. The molecule has 0 unspecified atom stereocenters. The molecule has 19 heavy (non-hydrogen) atoms. The van der Waals surface area contributed by atoms with Gasteiger partial charge in [0.2, 0.25) is 0 Å². The van der Waals surface area contributed by atoms with Crippen LogP contribution in [-0.4, -0.2) is 12.6 Å². The molecule has 0 atom stereocenters. The van der Waals surface area contributed by atoms with Gasteiger partial charge in [0, 0.05) is 11.4 Å². The van der Waals surface area contributed by atoms with E-state index in [1.165, 1.54) is 0 Å². The Hall–Kier alpha value is -0.510. The molecule has 0 heterocycles. The summed E-state index contributed by atoms with van der Waals surface area (Å²) in [4.78, 5) is 10.8. The van der Waals surface area contributed by atoms with Crippen molar-refractivity contribution in [2.45, 2.75) is 40.5 Å². The van der Waals surface area contributed by atoms with E-state index in [0.29, 0.717) is 19.4 Å². The standard InChI is InChI=1S/C15H22O3.Na/c1-11-6-7-12(2)13(10-11)18-9-5-8-15(3,4)14(16)17;/h6-7,10H,5,8-9H2,1-4H3,(H,16,17);/q;+1/p-1. The van der Waals surface area contributed by atoms with E-state index in [9.17, 15) is 9.90 Å². The Morgan fingerprint density at radius 1 is 1.32 bits per heavy atom. The van der Waals surface area contributed by atoms with Gasteiger partial charge < -0.3 is 14.6 Å². The van der Waals surface area contributed by atoms with E-state index in [-0.39, 0.29) is 29.6 Å². The molecule has 1 aromatic carbocycles. The maximum atomic E-state index is 10.8. The first-order chi connectivity index (χ1) is 8.33. The van der Waals surface area contributed by atoms with Crippen molar-refractivity contribution in [3.8, 4) is 5.75 Å². The number of benzene rings is 1. The molecule has 1 aromatic rings. The normalized spacial score (nSPS) is 10.7. The zero-order chi connectivity index (χ0) is 13.8. The Labute approximate surface area is 137 Å². The summed E-state index contributed by atoms with van der Waals surface area (Å²) in [5.74, 6) is -0.129. The molecular weight excluding hydrogens is 251 g/mol. The van der Waals surface area contributed by atoms with E-state index in [1.807, 2.05) is 32.0 Å². The molecule has 4 heteroatoms. The number of aryl methyl sites for hydroxylation is 2. The first-order valence-corrected chi connectivity index (χ1v) is 6.24. The number of hydrogen-bond acceptors (Lipinski definition) is 3. The van der Waals surface area contributed by atoms with Crippen molar-refractivity contribution in [2.75, 3.05) is 6.61 Å². The van der Waals surface area contributed by atoms with Crippen molar-refractivity contribution >= 4 is 5.97 Å². The van der Waals surface area contributed by atoms with Gasteiger partial charge in [-0.05, 0) is 43.9 Å². The molecule has 0 spiro atoms. The second-order valence-corrected chi connectivity index (χ2v) is 5.39. The fraction of sp³-hybridized carbons (Fsp3) is 0.533. The van der Waals surface area contributed by atoms with Gasteiger partial charge in [-0.15, -0.1) is 0 Å². The summed E-state index contributed by atoms with van der Waals surface area (Å²) in [6, 6.07) is 6.07. The van der Waals surface area contributed by atoms with Gasteiger partial charge in [0.15, 0.2) is 0 Å². The smallest absolute Gasteiger partial charge is 0.550 e. The number of aliphatic carboxylic acids is 1. The predicted molar refractivity (Wildman–Crippen MR) is 69.4 cm³/mol. The molecule has 100 valence electrons. The Kier molecular flexibility index (Phi) is 7.72. The van der Waals surface area contributed by atoms with Crippen LogP contribution in [0.4, 0.5) is 0 Å². The fourth-order valence-electron chi connectivity index (χ4n) is 1.66. The average molecular weight is 272 g/mol. The summed E-state index contributed by atoms with van der Waals surface area (Å²) in [5, 5.41) is 10.8. The summed E-state index contributed by atoms with van der Waals surface area (Å²) in [7, 11) is 0. The van der Waals surface area contributed by atoms with Crippen molar-refractivity contribution in [1.29, 1.82) is 0 Å².